The third-order valence-corrected chi connectivity index (χ3v) is 3.98. The Morgan fingerprint density at radius 3 is 3.05 bits per heavy atom. The Hall–Kier alpha value is -1.60. The van der Waals surface area contributed by atoms with Crippen LogP contribution in [0.4, 0.5) is 4.39 Å². The second kappa shape index (κ2) is 5.80. The first-order chi connectivity index (χ1) is 9.72. The second-order valence-electron chi connectivity index (χ2n) is 4.49. The van der Waals surface area contributed by atoms with Gasteiger partial charge < -0.3 is 14.6 Å². The van der Waals surface area contributed by atoms with E-state index in [1.54, 1.807) is 11.0 Å². The number of hydrogen-bond acceptors (Lipinski definition) is 4. The lowest BCUT2D eigenvalue weighted by atomic mass is 10.3. The van der Waals surface area contributed by atoms with Crippen molar-refractivity contribution in [3.05, 3.63) is 24.0 Å². The van der Waals surface area contributed by atoms with E-state index in [-0.39, 0.29) is 11.7 Å². The summed E-state index contributed by atoms with van der Waals surface area (Å²) >= 11 is 1.33. The van der Waals surface area contributed by atoms with Crippen LogP contribution < -0.4 is 0 Å². The number of H-pyrrole nitrogens is 1. The molecule has 1 N–H and O–H groups in total. The molecule has 1 aromatic carbocycles. The molecular formula is C13H14FN3O2S. The molecule has 20 heavy (non-hydrogen) atoms. The second-order valence-corrected chi connectivity index (χ2v) is 5.45. The van der Waals surface area contributed by atoms with Crippen molar-refractivity contribution < 1.29 is 13.9 Å². The van der Waals surface area contributed by atoms with Crippen LogP contribution in [-0.2, 0) is 9.53 Å². The van der Waals surface area contributed by atoms with Gasteiger partial charge in [-0.3, -0.25) is 4.79 Å². The third-order valence-electron chi connectivity index (χ3n) is 3.12. The number of carbonyl (C=O) groups is 1. The van der Waals surface area contributed by atoms with Crippen LogP contribution >= 0.6 is 11.8 Å². The zero-order chi connectivity index (χ0) is 13.9. The summed E-state index contributed by atoms with van der Waals surface area (Å²) in [5, 5.41) is 0.632. The Balaban J connectivity index is 1.63. The number of aromatic nitrogens is 2. The largest absolute Gasteiger partial charge is 0.378 e. The first kappa shape index (κ1) is 13.4. The summed E-state index contributed by atoms with van der Waals surface area (Å²) < 4.78 is 18.3. The molecule has 0 radical (unpaired) electrons. The molecular weight excluding hydrogens is 281 g/mol. The first-order valence-electron chi connectivity index (χ1n) is 6.36. The fourth-order valence-corrected chi connectivity index (χ4v) is 2.85. The highest BCUT2D eigenvalue weighted by molar-refractivity contribution is 7.99. The van der Waals surface area contributed by atoms with Gasteiger partial charge in [0, 0.05) is 13.1 Å². The highest BCUT2D eigenvalue weighted by Gasteiger charge is 2.17. The molecule has 3 rings (SSSR count). The molecule has 0 bridgehead atoms. The number of nitrogens with one attached hydrogen (secondary N) is 1. The molecule has 1 fully saturated rings. The predicted octanol–water partition coefficient (Wildman–Crippen LogP) is 1.65. The maximum absolute atomic E-state index is 13.1. The number of fused-ring (bicyclic) bond motifs is 1. The van der Waals surface area contributed by atoms with E-state index in [4.69, 9.17) is 4.74 Å². The van der Waals surface area contributed by atoms with Crippen molar-refractivity contribution >= 4 is 28.7 Å². The minimum atomic E-state index is -0.304. The number of amides is 1. The van der Waals surface area contributed by atoms with E-state index in [1.165, 1.54) is 23.9 Å². The van der Waals surface area contributed by atoms with Crippen LogP contribution in [0, 0.1) is 5.82 Å². The van der Waals surface area contributed by atoms with E-state index in [1.807, 2.05) is 0 Å². The normalized spacial score (nSPS) is 15.8. The number of thioether (sulfide) groups is 1. The van der Waals surface area contributed by atoms with E-state index in [0.29, 0.717) is 48.2 Å². The van der Waals surface area contributed by atoms with Gasteiger partial charge in [0.05, 0.1) is 30.0 Å². The van der Waals surface area contributed by atoms with E-state index in [9.17, 15) is 9.18 Å². The summed E-state index contributed by atoms with van der Waals surface area (Å²) in [5.74, 6) is 0.0921. The molecule has 1 aliphatic rings. The summed E-state index contributed by atoms with van der Waals surface area (Å²) in [5.41, 5.74) is 1.35. The third kappa shape index (κ3) is 2.94. The van der Waals surface area contributed by atoms with Gasteiger partial charge in [-0.2, -0.15) is 0 Å². The average Bonchev–Trinajstić information content (AvgIpc) is 2.87. The molecule has 1 aliphatic heterocycles. The van der Waals surface area contributed by atoms with Crippen LogP contribution in [0.1, 0.15) is 0 Å². The van der Waals surface area contributed by atoms with Gasteiger partial charge in [-0.25, -0.2) is 9.37 Å². The average molecular weight is 295 g/mol. The number of carbonyl (C=O) groups excluding carboxylic acids is 1. The summed E-state index contributed by atoms with van der Waals surface area (Å²) in [7, 11) is 0. The Morgan fingerprint density at radius 1 is 1.45 bits per heavy atom. The molecule has 2 heterocycles. The minimum absolute atomic E-state index is 0.0740. The molecule has 1 amide bonds. The minimum Gasteiger partial charge on any atom is -0.378 e. The lowest BCUT2D eigenvalue weighted by Crippen LogP contribution is -2.41. The molecule has 0 atom stereocenters. The monoisotopic (exact) mass is 295 g/mol. The standard InChI is InChI=1S/C13H14FN3O2S/c14-9-1-2-10-11(7-9)16-13(15-10)20-8-12(18)17-3-5-19-6-4-17/h1-2,7H,3-6,8H2,(H,15,16). The zero-order valence-corrected chi connectivity index (χ0v) is 11.6. The molecule has 2 aromatic rings. The van der Waals surface area contributed by atoms with Crippen LogP contribution in [-0.4, -0.2) is 52.8 Å². The maximum atomic E-state index is 13.1. The van der Waals surface area contributed by atoms with Crippen molar-refractivity contribution in [2.45, 2.75) is 5.16 Å². The van der Waals surface area contributed by atoms with Gasteiger partial charge in [0.1, 0.15) is 5.82 Å². The van der Waals surface area contributed by atoms with Crippen LogP contribution in [0.15, 0.2) is 23.4 Å². The number of aromatic amines is 1. The molecule has 7 heteroatoms. The number of rotatable bonds is 3. The van der Waals surface area contributed by atoms with E-state index in [0.717, 1.165) is 0 Å². The molecule has 106 valence electrons. The molecule has 5 nitrogen and oxygen atoms in total. The molecule has 0 saturated carbocycles. The smallest absolute Gasteiger partial charge is 0.233 e. The Kier molecular flexibility index (Phi) is 3.88. The molecule has 0 spiro atoms. The maximum Gasteiger partial charge on any atom is 0.233 e. The van der Waals surface area contributed by atoms with Gasteiger partial charge in [-0.1, -0.05) is 11.8 Å². The van der Waals surface area contributed by atoms with Gasteiger partial charge in [0.2, 0.25) is 5.91 Å². The van der Waals surface area contributed by atoms with E-state index >= 15 is 0 Å². The number of hydrogen-bond donors (Lipinski definition) is 1. The summed E-state index contributed by atoms with van der Waals surface area (Å²) in [6.07, 6.45) is 0. The van der Waals surface area contributed by atoms with Crippen molar-refractivity contribution in [3.8, 4) is 0 Å². The van der Waals surface area contributed by atoms with Crippen molar-refractivity contribution in [1.29, 1.82) is 0 Å². The molecule has 1 aromatic heterocycles. The highest BCUT2D eigenvalue weighted by Crippen LogP contribution is 2.20. The lowest BCUT2D eigenvalue weighted by Gasteiger charge is -2.26. The van der Waals surface area contributed by atoms with Crippen LogP contribution in [0.25, 0.3) is 11.0 Å². The van der Waals surface area contributed by atoms with Crippen LogP contribution in [0.5, 0.6) is 0 Å². The van der Waals surface area contributed by atoms with Crippen molar-refractivity contribution in [1.82, 2.24) is 14.9 Å². The van der Waals surface area contributed by atoms with Crippen molar-refractivity contribution in [3.63, 3.8) is 0 Å². The number of morpholine rings is 1. The topological polar surface area (TPSA) is 58.2 Å². The quantitative estimate of drug-likeness (QED) is 0.875. The predicted molar refractivity (Wildman–Crippen MR) is 74.2 cm³/mol. The Morgan fingerprint density at radius 2 is 2.25 bits per heavy atom. The number of ether oxygens (including phenoxy) is 1. The van der Waals surface area contributed by atoms with Gasteiger partial charge in [-0.15, -0.1) is 0 Å². The van der Waals surface area contributed by atoms with Gasteiger partial charge in [0.15, 0.2) is 5.16 Å². The lowest BCUT2D eigenvalue weighted by molar-refractivity contribution is -0.132. The van der Waals surface area contributed by atoms with Gasteiger partial charge in [0.25, 0.3) is 0 Å². The van der Waals surface area contributed by atoms with Gasteiger partial charge >= 0.3 is 0 Å². The fraction of sp³-hybridized carbons (Fsp3) is 0.385. The summed E-state index contributed by atoms with van der Waals surface area (Å²) in [6, 6.07) is 4.39. The Bertz CT molecular complexity index is 625. The summed E-state index contributed by atoms with van der Waals surface area (Å²) in [4.78, 5) is 21.1. The van der Waals surface area contributed by atoms with E-state index in [2.05, 4.69) is 9.97 Å². The number of imidazole rings is 1. The fourth-order valence-electron chi connectivity index (χ4n) is 2.06. The first-order valence-corrected chi connectivity index (χ1v) is 7.34. The van der Waals surface area contributed by atoms with Gasteiger partial charge in [-0.05, 0) is 18.2 Å². The number of halogens is 1. The molecule has 0 aliphatic carbocycles. The molecule has 0 unspecified atom stereocenters. The highest BCUT2D eigenvalue weighted by atomic mass is 32.2. The number of nitrogens with zero attached hydrogens (tertiary/aromatic N) is 2. The van der Waals surface area contributed by atoms with Crippen LogP contribution in [0.2, 0.25) is 0 Å². The SMILES string of the molecule is O=C(CSc1nc2ccc(F)cc2[nH]1)N1CCOCC1. The Labute approximate surface area is 119 Å². The van der Waals surface area contributed by atoms with Crippen molar-refractivity contribution in [2.75, 3.05) is 32.1 Å². The van der Waals surface area contributed by atoms with E-state index < -0.39 is 0 Å². The zero-order valence-electron chi connectivity index (χ0n) is 10.8. The van der Waals surface area contributed by atoms with Crippen molar-refractivity contribution in [2.24, 2.45) is 0 Å². The summed E-state index contributed by atoms with van der Waals surface area (Å²) in [6.45, 7) is 2.48. The molecule has 1 saturated heterocycles. The van der Waals surface area contributed by atoms with Crippen LogP contribution in [0.3, 0.4) is 0 Å². The number of benzene rings is 1.